The van der Waals surface area contributed by atoms with E-state index in [-0.39, 0.29) is 0 Å². The lowest BCUT2D eigenvalue weighted by Crippen LogP contribution is -2.00. The lowest BCUT2D eigenvalue weighted by Gasteiger charge is -2.09. The molecule has 0 saturated carbocycles. The molecular weight excluding hydrogens is 613 g/mol. The lowest BCUT2D eigenvalue weighted by molar-refractivity contribution is 0.669. The van der Waals surface area contributed by atoms with E-state index in [4.69, 9.17) is 19.4 Å². The third-order valence-corrected chi connectivity index (χ3v) is 9.46. The van der Waals surface area contributed by atoms with E-state index in [0.29, 0.717) is 17.5 Å². The van der Waals surface area contributed by atoms with Crippen LogP contribution in [0.3, 0.4) is 0 Å². The zero-order chi connectivity index (χ0) is 33.0. The summed E-state index contributed by atoms with van der Waals surface area (Å²) in [6.07, 6.45) is 0. The average Bonchev–Trinajstić information content (AvgIpc) is 3.73. The van der Waals surface area contributed by atoms with Gasteiger partial charge in [-0.25, -0.2) is 15.0 Å². The minimum absolute atomic E-state index is 0.568. The van der Waals surface area contributed by atoms with Gasteiger partial charge in [0.05, 0.1) is 16.6 Å². The fraction of sp³-hybridized carbons (Fsp3) is 0. The van der Waals surface area contributed by atoms with E-state index in [9.17, 15) is 0 Å². The van der Waals surface area contributed by atoms with Crippen LogP contribution >= 0.6 is 0 Å². The minimum atomic E-state index is 0.568. The van der Waals surface area contributed by atoms with E-state index in [0.717, 1.165) is 55.3 Å². The summed E-state index contributed by atoms with van der Waals surface area (Å²) in [5.74, 6) is 1.80. The van der Waals surface area contributed by atoms with Gasteiger partial charge in [-0.2, -0.15) is 0 Å². The van der Waals surface area contributed by atoms with Gasteiger partial charge < -0.3 is 8.98 Å². The average molecular weight is 641 g/mol. The Balaban J connectivity index is 1.17. The first kappa shape index (κ1) is 28.2. The van der Waals surface area contributed by atoms with Crippen LogP contribution < -0.4 is 0 Å². The van der Waals surface area contributed by atoms with E-state index in [1.807, 2.05) is 72.8 Å². The van der Waals surface area contributed by atoms with Crippen LogP contribution in [0.25, 0.3) is 94.7 Å². The molecule has 0 amide bonds. The Labute approximate surface area is 287 Å². The normalized spacial score (nSPS) is 11.6. The molecular formula is C45H28N4O. The van der Waals surface area contributed by atoms with Gasteiger partial charge >= 0.3 is 0 Å². The number of nitrogens with zero attached hydrogens (tertiary/aromatic N) is 4. The Bertz CT molecular complexity index is 2800. The number of aromatic nitrogens is 4. The van der Waals surface area contributed by atoms with E-state index in [2.05, 4.69) is 102 Å². The largest absolute Gasteiger partial charge is 0.455 e. The number of rotatable bonds is 5. The van der Waals surface area contributed by atoms with Crippen LogP contribution in [-0.4, -0.2) is 19.5 Å². The smallest absolute Gasteiger partial charge is 0.167 e. The Kier molecular flexibility index (Phi) is 6.42. The highest BCUT2D eigenvalue weighted by Gasteiger charge is 2.19. The molecule has 0 N–H and O–H groups in total. The molecule has 50 heavy (non-hydrogen) atoms. The highest BCUT2D eigenvalue weighted by Crippen LogP contribution is 2.39. The van der Waals surface area contributed by atoms with E-state index >= 15 is 0 Å². The van der Waals surface area contributed by atoms with Crippen molar-refractivity contribution in [3.63, 3.8) is 0 Å². The van der Waals surface area contributed by atoms with E-state index in [1.165, 1.54) is 21.9 Å². The number of hydrogen-bond donors (Lipinski definition) is 0. The Morgan fingerprint density at radius 2 is 0.960 bits per heavy atom. The number of fused-ring (bicyclic) bond motifs is 6. The van der Waals surface area contributed by atoms with Gasteiger partial charge in [0.15, 0.2) is 17.5 Å². The summed E-state index contributed by atoms with van der Waals surface area (Å²) in [7, 11) is 0. The van der Waals surface area contributed by atoms with Gasteiger partial charge in [0, 0.05) is 44.4 Å². The van der Waals surface area contributed by atoms with Gasteiger partial charge in [-0.05, 0) is 41.5 Å². The molecule has 0 unspecified atom stereocenters. The first-order valence-corrected chi connectivity index (χ1v) is 16.7. The maximum Gasteiger partial charge on any atom is 0.167 e. The highest BCUT2D eigenvalue weighted by molar-refractivity contribution is 6.12. The monoisotopic (exact) mass is 640 g/mol. The molecule has 7 aromatic carbocycles. The van der Waals surface area contributed by atoms with Gasteiger partial charge in [0.1, 0.15) is 11.2 Å². The van der Waals surface area contributed by atoms with Crippen molar-refractivity contribution in [3.8, 4) is 51.0 Å². The second-order valence-electron chi connectivity index (χ2n) is 12.5. The molecule has 0 atom stereocenters. The summed E-state index contributed by atoms with van der Waals surface area (Å²) >= 11 is 0. The molecule has 0 aliphatic rings. The first-order chi connectivity index (χ1) is 24.8. The van der Waals surface area contributed by atoms with Gasteiger partial charge in [-0.3, -0.25) is 0 Å². The fourth-order valence-corrected chi connectivity index (χ4v) is 7.09. The van der Waals surface area contributed by atoms with Gasteiger partial charge in [-0.1, -0.05) is 133 Å². The van der Waals surface area contributed by atoms with Crippen molar-refractivity contribution in [3.05, 3.63) is 170 Å². The topological polar surface area (TPSA) is 56.7 Å². The second kappa shape index (κ2) is 11.4. The predicted octanol–water partition coefficient (Wildman–Crippen LogP) is 11.5. The predicted molar refractivity (Wildman–Crippen MR) is 203 cm³/mol. The molecule has 5 nitrogen and oxygen atoms in total. The molecule has 5 heteroatoms. The zero-order valence-electron chi connectivity index (χ0n) is 26.9. The standard InChI is InChI=1S/C45H28N4O/c1-4-13-29(14-5-1)32-23-25-35-34-19-10-11-22-39(34)49(40(35)27-32)33-24-26-36-37-20-12-21-38(42(37)50-41(36)28-33)45-47-43(30-15-6-2-7-16-30)46-44(48-45)31-17-8-3-9-18-31/h1-28H. The SMILES string of the molecule is c1ccc(-c2ccc3c4ccccc4n(-c4ccc5c(c4)oc4c(-c6nc(-c7ccccc7)nc(-c7ccccc7)n6)cccc45)c3c2)cc1. The molecule has 10 aromatic rings. The maximum atomic E-state index is 6.77. The molecule has 0 aliphatic carbocycles. The fourth-order valence-electron chi connectivity index (χ4n) is 7.09. The van der Waals surface area contributed by atoms with Crippen molar-refractivity contribution >= 4 is 43.7 Å². The van der Waals surface area contributed by atoms with Crippen LogP contribution in [0.5, 0.6) is 0 Å². The Hall–Kier alpha value is -6.85. The molecule has 0 saturated heterocycles. The number of hydrogen-bond acceptors (Lipinski definition) is 4. The number of para-hydroxylation sites is 2. The van der Waals surface area contributed by atoms with E-state index in [1.54, 1.807) is 0 Å². The summed E-state index contributed by atoms with van der Waals surface area (Å²) in [4.78, 5) is 14.9. The molecule has 234 valence electrons. The summed E-state index contributed by atoms with van der Waals surface area (Å²) in [5, 5.41) is 4.48. The summed E-state index contributed by atoms with van der Waals surface area (Å²) in [5.41, 5.74) is 9.93. The first-order valence-electron chi connectivity index (χ1n) is 16.7. The maximum absolute atomic E-state index is 6.77. The molecule has 0 radical (unpaired) electrons. The molecule has 3 heterocycles. The van der Waals surface area contributed by atoms with Crippen molar-refractivity contribution < 1.29 is 4.42 Å². The molecule has 3 aromatic heterocycles. The molecule has 10 rings (SSSR count). The van der Waals surface area contributed by atoms with Crippen LogP contribution in [-0.2, 0) is 0 Å². The van der Waals surface area contributed by atoms with Crippen LogP contribution in [0.15, 0.2) is 174 Å². The number of benzene rings is 7. The second-order valence-corrected chi connectivity index (χ2v) is 12.5. The van der Waals surface area contributed by atoms with Gasteiger partial charge in [0.25, 0.3) is 0 Å². The number of furan rings is 1. The summed E-state index contributed by atoms with van der Waals surface area (Å²) in [6.45, 7) is 0. The van der Waals surface area contributed by atoms with Crippen LogP contribution in [0.2, 0.25) is 0 Å². The molecule has 0 bridgehead atoms. The van der Waals surface area contributed by atoms with Gasteiger partial charge in [-0.15, -0.1) is 0 Å². The minimum Gasteiger partial charge on any atom is -0.455 e. The van der Waals surface area contributed by atoms with Crippen molar-refractivity contribution in [2.75, 3.05) is 0 Å². The summed E-state index contributed by atoms with van der Waals surface area (Å²) < 4.78 is 9.11. The Morgan fingerprint density at radius 3 is 1.68 bits per heavy atom. The van der Waals surface area contributed by atoms with Crippen molar-refractivity contribution in [1.82, 2.24) is 19.5 Å². The third-order valence-electron chi connectivity index (χ3n) is 9.46. The molecule has 0 spiro atoms. The van der Waals surface area contributed by atoms with Crippen molar-refractivity contribution in [1.29, 1.82) is 0 Å². The lowest BCUT2D eigenvalue weighted by atomic mass is 10.0. The zero-order valence-corrected chi connectivity index (χ0v) is 26.9. The van der Waals surface area contributed by atoms with Crippen LogP contribution in [0.4, 0.5) is 0 Å². The molecule has 0 aliphatic heterocycles. The quantitative estimate of drug-likeness (QED) is 0.188. The molecule has 0 fully saturated rings. The van der Waals surface area contributed by atoms with Crippen molar-refractivity contribution in [2.24, 2.45) is 0 Å². The van der Waals surface area contributed by atoms with Crippen LogP contribution in [0, 0.1) is 0 Å². The third kappa shape index (κ3) is 4.60. The summed E-state index contributed by atoms with van der Waals surface area (Å²) in [6, 6.07) is 58.6. The van der Waals surface area contributed by atoms with E-state index < -0.39 is 0 Å². The van der Waals surface area contributed by atoms with Crippen molar-refractivity contribution in [2.45, 2.75) is 0 Å². The van der Waals surface area contributed by atoms with Crippen LogP contribution in [0.1, 0.15) is 0 Å². The highest BCUT2D eigenvalue weighted by atomic mass is 16.3. The van der Waals surface area contributed by atoms with Gasteiger partial charge in [0.2, 0.25) is 0 Å². The Morgan fingerprint density at radius 1 is 0.380 bits per heavy atom.